The average molecular weight is 465 g/mol. The summed E-state index contributed by atoms with van der Waals surface area (Å²) in [7, 11) is -3.93. The molecule has 3 N–H and O–H groups in total. The van der Waals surface area contributed by atoms with Crippen LogP contribution in [0.4, 0.5) is 5.69 Å². The van der Waals surface area contributed by atoms with Crippen molar-refractivity contribution in [1.82, 2.24) is 0 Å². The third kappa shape index (κ3) is 7.24. The molecule has 2 aromatic rings. The van der Waals surface area contributed by atoms with Crippen molar-refractivity contribution in [2.45, 2.75) is 38.5 Å². The van der Waals surface area contributed by atoms with Crippen molar-refractivity contribution in [3.05, 3.63) is 47.5 Å². The van der Waals surface area contributed by atoms with Gasteiger partial charge in [-0.25, -0.2) is 18.4 Å². The lowest BCUT2D eigenvalue weighted by molar-refractivity contribution is -0.119. The Morgan fingerprint density at radius 1 is 1.03 bits per heavy atom. The van der Waals surface area contributed by atoms with Crippen molar-refractivity contribution in [3.63, 3.8) is 0 Å². The van der Waals surface area contributed by atoms with Gasteiger partial charge in [0.15, 0.2) is 18.1 Å². The molecule has 0 saturated heterocycles. The van der Waals surface area contributed by atoms with Crippen molar-refractivity contribution in [3.8, 4) is 11.5 Å². The molecule has 0 aliphatic rings. The van der Waals surface area contributed by atoms with Gasteiger partial charge in [0.2, 0.25) is 10.0 Å². The summed E-state index contributed by atoms with van der Waals surface area (Å²) in [6.45, 7) is 5.83. The highest BCUT2D eigenvalue weighted by Gasteiger charge is 2.16. The predicted octanol–water partition coefficient (Wildman–Crippen LogP) is 3.02. The molecular weight excluding hydrogens is 436 g/mol. The number of nitrogens with two attached hydrogens (primary N) is 1. The maximum Gasteiger partial charge on any atom is 0.338 e. The topological polar surface area (TPSA) is 134 Å². The number of aryl methyl sites for hydroxylation is 1. The molecule has 0 radical (unpaired) electrons. The van der Waals surface area contributed by atoms with Gasteiger partial charge in [0, 0.05) is 5.69 Å². The third-order valence-electron chi connectivity index (χ3n) is 4.35. The first-order chi connectivity index (χ1) is 15.2. The van der Waals surface area contributed by atoms with E-state index in [4.69, 9.17) is 19.3 Å². The SMILES string of the molecule is CCCCOc1ccc(C(=O)OCC(=O)Nc2ccc(C)c(S(N)(=O)=O)c2)cc1OCC. The molecule has 2 rings (SSSR count). The summed E-state index contributed by atoms with van der Waals surface area (Å²) in [5, 5.41) is 7.65. The standard InChI is InChI=1S/C22H28N2O7S/c1-4-6-11-30-18-10-8-16(12-19(18)29-5-2)22(26)31-14-21(25)24-17-9-7-15(3)20(13-17)32(23,27)28/h7-10,12-13H,4-6,11,14H2,1-3H3,(H,24,25)(H2,23,27,28). The van der Waals surface area contributed by atoms with E-state index in [1.807, 2.05) is 6.92 Å². The van der Waals surface area contributed by atoms with Crippen LogP contribution in [0, 0.1) is 6.92 Å². The summed E-state index contributed by atoms with van der Waals surface area (Å²) in [6, 6.07) is 8.94. The summed E-state index contributed by atoms with van der Waals surface area (Å²) < 4.78 is 39.5. The largest absolute Gasteiger partial charge is 0.490 e. The fourth-order valence-corrected chi connectivity index (χ4v) is 3.55. The molecule has 0 heterocycles. The second-order valence-corrected chi connectivity index (χ2v) is 8.48. The summed E-state index contributed by atoms with van der Waals surface area (Å²) in [5.41, 5.74) is 0.868. The zero-order chi connectivity index (χ0) is 23.7. The van der Waals surface area contributed by atoms with Crippen LogP contribution in [0.3, 0.4) is 0 Å². The summed E-state index contributed by atoms with van der Waals surface area (Å²) in [6.07, 6.45) is 1.88. The Kier molecular flexibility index (Phi) is 9.03. The highest BCUT2D eigenvalue weighted by Crippen LogP contribution is 2.29. The number of benzene rings is 2. The number of rotatable bonds is 11. The Balaban J connectivity index is 2.01. The van der Waals surface area contributed by atoms with Crippen LogP contribution in [0.5, 0.6) is 11.5 Å². The molecule has 0 bridgehead atoms. The molecule has 32 heavy (non-hydrogen) atoms. The van der Waals surface area contributed by atoms with Crippen LogP contribution in [0.25, 0.3) is 0 Å². The van der Waals surface area contributed by atoms with Gasteiger partial charge in [-0.2, -0.15) is 0 Å². The molecule has 174 valence electrons. The zero-order valence-electron chi connectivity index (χ0n) is 18.3. The average Bonchev–Trinajstić information content (AvgIpc) is 2.74. The van der Waals surface area contributed by atoms with E-state index in [0.717, 1.165) is 12.8 Å². The number of amides is 1. The molecule has 0 unspecified atom stereocenters. The van der Waals surface area contributed by atoms with Gasteiger partial charge in [0.05, 0.1) is 23.7 Å². The minimum Gasteiger partial charge on any atom is -0.490 e. The van der Waals surface area contributed by atoms with Crippen molar-refractivity contribution in [2.75, 3.05) is 25.1 Å². The lowest BCUT2D eigenvalue weighted by Gasteiger charge is -2.13. The van der Waals surface area contributed by atoms with E-state index in [1.54, 1.807) is 13.0 Å². The normalized spacial score (nSPS) is 11.0. The van der Waals surface area contributed by atoms with Crippen molar-refractivity contribution >= 4 is 27.6 Å². The molecule has 0 aliphatic heterocycles. The van der Waals surface area contributed by atoms with Gasteiger partial charge in [-0.1, -0.05) is 19.4 Å². The van der Waals surface area contributed by atoms with Crippen LogP contribution in [0.1, 0.15) is 42.6 Å². The number of nitrogens with one attached hydrogen (secondary N) is 1. The molecule has 1 amide bonds. The fraction of sp³-hybridized carbons (Fsp3) is 0.364. The third-order valence-corrected chi connectivity index (χ3v) is 5.40. The number of unbranched alkanes of at least 4 members (excludes halogenated alkanes) is 1. The van der Waals surface area contributed by atoms with E-state index in [1.165, 1.54) is 30.3 Å². The molecule has 0 aliphatic carbocycles. The van der Waals surface area contributed by atoms with Crippen LogP contribution in [0.2, 0.25) is 0 Å². The Hall–Kier alpha value is -3.11. The van der Waals surface area contributed by atoms with E-state index in [0.29, 0.717) is 30.3 Å². The Morgan fingerprint density at radius 3 is 2.44 bits per heavy atom. The summed E-state index contributed by atoms with van der Waals surface area (Å²) in [4.78, 5) is 24.4. The number of hydrogen-bond donors (Lipinski definition) is 2. The quantitative estimate of drug-likeness (QED) is 0.386. The van der Waals surface area contributed by atoms with Crippen molar-refractivity contribution in [1.29, 1.82) is 0 Å². The number of primary sulfonamides is 1. The van der Waals surface area contributed by atoms with Crippen molar-refractivity contribution < 1.29 is 32.2 Å². The molecule has 10 heteroatoms. The highest BCUT2D eigenvalue weighted by molar-refractivity contribution is 7.89. The molecule has 9 nitrogen and oxygen atoms in total. The summed E-state index contributed by atoms with van der Waals surface area (Å²) >= 11 is 0. The molecule has 0 fully saturated rings. The van der Waals surface area contributed by atoms with Crippen LogP contribution < -0.4 is 19.9 Å². The second kappa shape index (κ2) is 11.5. The maximum atomic E-state index is 12.4. The van der Waals surface area contributed by atoms with Crippen LogP contribution in [0.15, 0.2) is 41.3 Å². The number of esters is 1. The first-order valence-corrected chi connectivity index (χ1v) is 11.7. The van der Waals surface area contributed by atoms with Gasteiger partial charge in [0.25, 0.3) is 5.91 Å². The van der Waals surface area contributed by atoms with Gasteiger partial charge < -0.3 is 19.5 Å². The minimum absolute atomic E-state index is 0.100. The highest BCUT2D eigenvalue weighted by atomic mass is 32.2. The first-order valence-electron chi connectivity index (χ1n) is 10.2. The predicted molar refractivity (Wildman–Crippen MR) is 119 cm³/mol. The Morgan fingerprint density at radius 2 is 1.78 bits per heavy atom. The van der Waals surface area contributed by atoms with Gasteiger partial charge in [0.1, 0.15) is 0 Å². The maximum absolute atomic E-state index is 12.4. The molecule has 2 aromatic carbocycles. The smallest absolute Gasteiger partial charge is 0.338 e. The van der Waals surface area contributed by atoms with E-state index < -0.39 is 28.5 Å². The van der Waals surface area contributed by atoms with E-state index in [2.05, 4.69) is 12.2 Å². The first kappa shape index (κ1) is 25.2. The number of carbonyl (C=O) groups excluding carboxylic acids is 2. The number of ether oxygens (including phenoxy) is 3. The van der Waals surface area contributed by atoms with Crippen LogP contribution in [-0.4, -0.2) is 40.1 Å². The van der Waals surface area contributed by atoms with Crippen molar-refractivity contribution in [2.24, 2.45) is 5.14 Å². The molecule has 0 spiro atoms. The van der Waals surface area contributed by atoms with E-state index >= 15 is 0 Å². The van der Waals surface area contributed by atoms with E-state index in [9.17, 15) is 18.0 Å². The fourth-order valence-electron chi connectivity index (χ4n) is 2.74. The van der Waals surface area contributed by atoms with E-state index in [-0.39, 0.29) is 16.1 Å². The monoisotopic (exact) mass is 464 g/mol. The Labute approximate surface area is 187 Å². The zero-order valence-corrected chi connectivity index (χ0v) is 19.2. The Bertz CT molecular complexity index is 1070. The minimum atomic E-state index is -3.93. The van der Waals surface area contributed by atoms with Gasteiger partial charge in [-0.15, -0.1) is 0 Å². The molecule has 0 saturated carbocycles. The number of anilines is 1. The molecule has 0 atom stereocenters. The lowest BCUT2D eigenvalue weighted by atomic mass is 10.2. The number of hydrogen-bond acceptors (Lipinski definition) is 7. The lowest BCUT2D eigenvalue weighted by Crippen LogP contribution is -2.21. The summed E-state index contributed by atoms with van der Waals surface area (Å²) in [5.74, 6) is -0.403. The van der Waals surface area contributed by atoms with Gasteiger partial charge >= 0.3 is 5.97 Å². The van der Waals surface area contributed by atoms with Crippen LogP contribution in [-0.2, 0) is 19.6 Å². The van der Waals surface area contributed by atoms with Crippen LogP contribution >= 0.6 is 0 Å². The number of carbonyl (C=O) groups is 2. The molecule has 0 aromatic heterocycles. The number of sulfonamides is 1. The van der Waals surface area contributed by atoms with Gasteiger partial charge in [-0.05, 0) is 56.2 Å². The van der Waals surface area contributed by atoms with Gasteiger partial charge in [-0.3, -0.25) is 4.79 Å². The molecular formula is C22H28N2O7S. The second-order valence-electron chi connectivity index (χ2n) is 6.95.